The first-order valence-electron chi connectivity index (χ1n) is 9.13. The molecule has 1 aliphatic heterocycles. The van der Waals surface area contributed by atoms with Crippen molar-refractivity contribution in [3.05, 3.63) is 22.4 Å². The minimum Gasteiger partial charge on any atom is -0.336 e. The van der Waals surface area contributed by atoms with Gasteiger partial charge < -0.3 is 5.32 Å². The summed E-state index contributed by atoms with van der Waals surface area (Å²) in [5, 5.41) is 17.0. The predicted molar refractivity (Wildman–Crippen MR) is 96.9 cm³/mol. The second-order valence-corrected chi connectivity index (χ2v) is 8.07. The highest BCUT2D eigenvalue weighted by Gasteiger charge is 2.36. The average molecular weight is 346 g/mol. The summed E-state index contributed by atoms with van der Waals surface area (Å²) in [6.07, 6.45) is 7.05. The Bertz CT molecular complexity index is 578. The van der Waals surface area contributed by atoms with E-state index in [4.69, 9.17) is 0 Å². The molecule has 2 aliphatic rings. The Labute approximate surface area is 148 Å². The summed E-state index contributed by atoms with van der Waals surface area (Å²) in [6, 6.07) is 4.45. The fourth-order valence-corrected chi connectivity index (χ4v) is 4.80. The number of rotatable bonds is 4. The van der Waals surface area contributed by atoms with Crippen molar-refractivity contribution in [2.45, 2.75) is 69.4 Å². The number of carbonyl (C=O) groups is 1. The molecule has 1 aliphatic carbocycles. The van der Waals surface area contributed by atoms with Crippen LogP contribution in [0.5, 0.6) is 0 Å². The van der Waals surface area contributed by atoms with E-state index in [9.17, 15) is 10.1 Å². The summed E-state index contributed by atoms with van der Waals surface area (Å²) in [5.41, 5.74) is 0.820. The van der Waals surface area contributed by atoms with Crippen molar-refractivity contribution in [3.8, 4) is 6.07 Å². The van der Waals surface area contributed by atoms with Gasteiger partial charge in [0.2, 0.25) is 5.91 Å². The molecule has 5 heteroatoms. The molecule has 1 aromatic heterocycles. The Morgan fingerprint density at radius 3 is 2.67 bits per heavy atom. The zero-order valence-corrected chi connectivity index (χ0v) is 15.3. The van der Waals surface area contributed by atoms with Crippen LogP contribution >= 0.6 is 11.3 Å². The second kappa shape index (κ2) is 7.67. The van der Waals surface area contributed by atoms with Gasteiger partial charge in [0.05, 0.1) is 12.1 Å². The average Bonchev–Trinajstić information content (AvgIpc) is 3.16. The van der Waals surface area contributed by atoms with Crippen molar-refractivity contribution in [2.75, 3.05) is 13.1 Å². The predicted octanol–water partition coefficient (Wildman–Crippen LogP) is 3.66. The van der Waals surface area contributed by atoms with Crippen molar-refractivity contribution >= 4 is 17.2 Å². The zero-order chi connectivity index (χ0) is 17.0. The van der Waals surface area contributed by atoms with Crippen molar-refractivity contribution < 1.29 is 4.79 Å². The van der Waals surface area contributed by atoms with Crippen LogP contribution in [0.15, 0.2) is 16.8 Å². The summed E-state index contributed by atoms with van der Waals surface area (Å²) < 4.78 is 0. The minimum atomic E-state index is -0.626. The van der Waals surface area contributed by atoms with Crippen molar-refractivity contribution in [1.82, 2.24) is 10.2 Å². The molecule has 0 unspecified atom stereocenters. The van der Waals surface area contributed by atoms with Gasteiger partial charge in [0.15, 0.2) is 0 Å². The van der Waals surface area contributed by atoms with Gasteiger partial charge in [-0.1, -0.05) is 19.3 Å². The Kier molecular flexibility index (Phi) is 5.57. The molecule has 1 amide bonds. The number of nitriles is 1. The van der Waals surface area contributed by atoms with E-state index in [2.05, 4.69) is 33.1 Å². The van der Waals surface area contributed by atoms with Crippen LogP contribution in [0.3, 0.4) is 0 Å². The highest BCUT2D eigenvalue weighted by Crippen LogP contribution is 2.31. The standard InChI is InChI=1S/C19H27N3OS/c1-15(18(23)21-19(14-20)8-3-2-4-9-19)22-10-5-16(6-11-22)17-7-12-24-13-17/h7,12-13,15-16H,2-6,8-11H2,1H3,(H,21,23)/t15-/m0/s1. The monoisotopic (exact) mass is 345 g/mol. The quantitative estimate of drug-likeness (QED) is 0.906. The molecule has 1 aromatic rings. The first kappa shape index (κ1) is 17.4. The van der Waals surface area contributed by atoms with Gasteiger partial charge in [0.1, 0.15) is 5.54 Å². The van der Waals surface area contributed by atoms with Crippen LogP contribution in [0.2, 0.25) is 0 Å². The number of thiophene rings is 1. The number of amides is 1. The van der Waals surface area contributed by atoms with Crippen molar-refractivity contribution in [1.29, 1.82) is 5.26 Å². The van der Waals surface area contributed by atoms with Crippen LogP contribution in [-0.4, -0.2) is 35.5 Å². The number of likely N-dealkylation sites (tertiary alicyclic amines) is 1. The zero-order valence-electron chi connectivity index (χ0n) is 14.5. The third-order valence-corrected chi connectivity index (χ3v) is 6.46. The molecule has 1 atom stereocenters. The lowest BCUT2D eigenvalue weighted by Gasteiger charge is -2.38. The topological polar surface area (TPSA) is 56.1 Å². The molecule has 0 aromatic carbocycles. The number of nitrogens with one attached hydrogen (secondary N) is 1. The van der Waals surface area contributed by atoms with Gasteiger partial charge in [-0.2, -0.15) is 16.6 Å². The minimum absolute atomic E-state index is 0.0208. The molecule has 24 heavy (non-hydrogen) atoms. The van der Waals surface area contributed by atoms with E-state index in [-0.39, 0.29) is 11.9 Å². The van der Waals surface area contributed by atoms with E-state index in [0.29, 0.717) is 5.92 Å². The number of hydrogen-bond donors (Lipinski definition) is 1. The Hall–Kier alpha value is -1.38. The Morgan fingerprint density at radius 1 is 1.38 bits per heavy atom. The van der Waals surface area contributed by atoms with Crippen LogP contribution in [0.1, 0.15) is 63.4 Å². The fraction of sp³-hybridized carbons (Fsp3) is 0.684. The van der Waals surface area contributed by atoms with Crippen LogP contribution in [0.4, 0.5) is 0 Å². The summed E-state index contributed by atoms with van der Waals surface area (Å²) in [7, 11) is 0. The van der Waals surface area contributed by atoms with E-state index in [1.165, 1.54) is 12.0 Å². The van der Waals surface area contributed by atoms with E-state index >= 15 is 0 Å². The molecule has 0 bridgehead atoms. The van der Waals surface area contributed by atoms with Crippen molar-refractivity contribution in [3.63, 3.8) is 0 Å². The van der Waals surface area contributed by atoms with Gasteiger partial charge in [0, 0.05) is 0 Å². The van der Waals surface area contributed by atoms with Crippen molar-refractivity contribution in [2.24, 2.45) is 0 Å². The summed E-state index contributed by atoms with van der Waals surface area (Å²) in [6.45, 7) is 3.89. The summed E-state index contributed by atoms with van der Waals surface area (Å²) >= 11 is 1.76. The van der Waals surface area contributed by atoms with E-state index < -0.39 is 5.54 Å². The number of piperidine rings is 1. The molecular formula is C19H27N3OS. The number of nitrogens with zero attached hydrogens (tertiary/aromatic N) is 2. The van der Waals surface area contributed by atoms with Gasteiger partial charge >= 0.3 is 0 Å². The number of carbonyl (C=O) groups excluding carboxylic acids is 1. The molecule has 1 N–H and O–H groups in total. The molecule has 3 rings (SSSR count). The lowest BCUT2D eigenvalue weighted by atomic mass is 9.82. The molecule has 0 radical (unpaired) electrons. The molecule has 1 saturated heterocycles. The molecular weight excluding hydrogens is 318 g/mol. The second-order valence-electron chi connectivity index (χ2n) is 7.29. The van der Waals surface area contributed by atoms with E-state index in [1.807, 2.05) is 6.92 Å². The van der Waals surface area contributed by atoms with Gasteiger partial charge in [-0.15, -0.1) is 0 Å². The lowest BCUT2D eigenvalue weighted by molar-refractivity contribution is -0.128. The van der Waals surface area contributed by atoms with Crippen LogP contribution < -0.4 is 5.32 Å². The van der Waals surface area contributed by atoms with Gasteiger partial charge in [0.25, 0.3) is 0 Å². The maximum atomic E-state index is 12.7. The molecule has 0 spiro atoms. The van der Waals surface area contributed by atoms with Gasteiger partial charge in [-0.05, 0) is 74.0 Å². The Morgan fingerprint density at radius 2 is 2.08 bits per heavy atom. The Balaban J connectivity index is 1.54. The molecule has 2 fully saturated rings. The molecule has 2 heterocycles. The summed E-state index contributed by atoms with van der Waals surface area (Å²) in [4.78, 5) is 15.0. The first-order valence-corrected chi connectivity index (χ1v) is 10.1. The van der Waals surface area contributed by atoms with E-state index in [0.717, 1.165) is 51.6 Å². The SMILES string of the molecule is C[C@@H](C(=O)NC1(C#N)CCCCC1)N1CCC(c2ccsc2)CC1. The maximum absolute atomic E-state index is 12.7. The van der Waals surface area contributed by atoms with Gasteiger partial charge in [-0.3, -0.25) is 9.69 Å². The third-order valence-electron chi connectivity index (χ3n) is 5.75. The highest BCUT2D eigenvalue weighted by molar-refractivity contribution is 7.07. The van der Waals surface area contributed by atoms with Crippen LogP contribution in [-0.2, 0) is 4.79 Å². The molecule has 4 nitrogen and oxygen atoms in total. The molecule has 1 saturated carbocycles. The van der Waals surface area contributed by atoms with E-state index in [1.54, 1.807) is 11.3 Å². The smallest absolute Gasteiger partial charge is 0.238 e. The normalized spacial score (nSPS) is 23.3. The maximum Gasteiger partial charge on any atom is 0.238 e. The van der Waals surface area contributed by atoms with Crippen LogP contribution in [0, 0.1) is 11.3 Å². The summed E-state index contributed by atoms with van der Waals surface area (Å²) in [5.74, 6) is 0.652. The largest absolute Gasteiger partial charge is 0.336 e. The highest BCUT2D eigenvalue weighted by atomic mass is 32.1. The molecule has 130 valence electrons. The fourth-order valence-electron chi connectivity index (χ4n) is 4.05. The first-order chi connectivity index (χ1) is 11.6. The third kappa shape index (κ3) is 3.81. The van der Waals surface area contributed by atoms with Crippen LogP contribution in [0.25, 0.3) is 0 Å². The lowest BCUT2D eigenvalue weighted by Crippen LogP contribution is -2.55. The van der Waals surface area contributed by atoms with Gasteiger partial charge in [-0.25, -0.2) is 0 Å². The number of hydrogen-bond acceptors (Lipinski definition) is 4.